The van der Waals surface area contributed by atoms with Crippen LogP contribution in [0.2, 0.25) is 0 Å². The fraction of sp³-hybridized carbons (Fsp3) is 0.333. The molecule has 27 heavy (non-hydrogen) atoms. The first kappa shape index (κ1) is 18.9. The van der Waals surface area contributed by atoms with Crippen LogP contribution < -0.4 is 15.4 Å². The topological polar surface area (TPSA) is 70.7 Å². The molecule has 1 saturated heterocycles. The minimum absolute atomic E-state index is 0.0137. The van der Waals surface area contributed by atoms with E-state index in [4.69, 9.17) is 4.74 Å². The van der Waals surface area contributed by atoms with Crippen molar-refractivity contribution < 1.29 is 14.3 Å². The first-order valence-corrected chi connectivity index (χ1v) is 9.18. The maximum absolute atomic E-state index is 12.6. The SMILES string of the molecule is CCC(=O)N[C@@H]1C[C@@H](C(=O)Nc2ccc(Oc3ccccc3)cc2)N(C)C1. The number of carbonyl (C=O) groups is 2. The van der Waals surface area contributed by atoms with Crippen molar-refractivity contribution in [3.63, 3.8) is 0 Å². The maximum Gasteiger partial charge on any atom is 0.241 e. The van der Waals surface area contributed by atoms with Crippen LogP contribution in [0.3, 0.4) is 0 Å². The third-order valence-electron chi connectivity index (χ3n) is 4.64. The molecular weight excluding hydrogens is 342 g/mol. The smallest absolute Gasteiger partial charge is 0.241 e. The molecule has 6 nitrogen and oxygen atoms in total. The van der Waals surface area contributed by atoms with E-state index >= 15 is 0 Å². The van der Waals surface area contributed by atoms with E-state index in [-0.39, 0.29) is 23.9 Å². The first-order chi connectivity index (χ1) is 13.0. The van der Waals surface area contributed by atoms with Crippen molar-refractivity contribution in [3.05, 3.63) is 54.6 Å². The molecule has 1 heterocycles. The number of nitrogens with zero attached hydrogens (tertiary/aromatic N) is 1. The number of benzene rings is 2. The van der Waals surface area contributed by atoms with Gasteiger partial charge in [-0.15, -0.1) is 0 Å². The Morgan fingerprint density at radius 1 is 1.07 bits per heavy atom. The number of likely N-dealkylation sites (N-methyl/N-ethyl adjacent to an activating group) is 1. The molecule has 3 rings (SSSR count). The predicted octanol–water partition coefficient (Wildman–Crippen LogP) is 3.02. The summed E-state index contributed by atoms with van der Waals surface area (Å²) in [5.41, 5.74) is 0.717. The van der Waals surface area contributed by atoms with Gasteiger partial charge in [0, 0.05) is 24.7 Å². The van der Waals surface area contributed by atoms with Crippen molar-refractivity contribution in [1.29, 1.82) is 0 Å². The van der Waals surface area contributed by atoms with Gasteiger partial charge in [0.25, 0.3) is 0 Å². The number of amides is 2. The van der Waals surface area contributed by atoms with E-state index in [9.17, 15) is 9.59 Å². The van der Waals surface area contributed by atoms with Gasteiger partial charge >= 0.3 is 0 Å². The normalized spacial score (nSPS) is 19.5. The van der Waals surface area contributed by atoms with E-state index in [0.29, 0.717) is 25.1 Å². The molecule has 0 spiro atoms. The molecule has 0 aromatic heterocycles. The molecule has 142 valence electrons. The highest BCUT2D eigenvalue weighted by atomic mass is 16.5. The Kier molecular flexibility index (Phi) is 6.08. The Hall–Kier alpha value is -2.86. The molecule has 1 fully saturated rings. The summed E-state index contributed by atoms with van der Waals surface area (Å²) >= 11 is 0. The van der Waals surface area contributed by atoms with Gasteiger partial charge in [0.1, 0.15) is 11.5 Å². The summed E-state index contributed by atoms with van der Waals surface area (Å²) in [7, 11) is 1.90. The minimum Gasteiger partial charge on any atom is -0.457 e. The standard InChI is InChI=1S/C21H25N3O3/c1-3-20(25)22-16-13-19(24(2)14-16)21(26)23-15-9-11-18(12-10-15)27-17-7-5-4-6-8-17/h4-12,16,19H,3,13-14H2,1-2H3,(H,22,25)(H,23,26)/t16-,19+/m1/s1. The van der Waals surface area contributed by atoms with Crippen LogP contribution in [-0.2, 0) is 9.59 Å². The summed E-state index contributed by atoms with van der Waals surface area (Å²) in [6.45, 7) is 2.50. The molecule has 2 aromatic carbocycles. The van der Waals surface area contributed by atoms with Gasteiger partial charge in [-0.3, -0.25) is 14.5 Å². The van der Waals surface area contributed by atoms with E-state index < -0.39 is 0 Å². The number of hydrogen-bond donors (Lipinski definition) is 2. The van der Waals surface area contributed by atoms with Gasteiger partial charge in [-0.05, 0) is 49.9 Å². The van der Waals surface area contributed by atoms with E-state index in [1.165, 1.54) is 0 Å². The van der Waals surface area contributed by atoms with Crippen molar-refractivity contribution >= 4 is 17.5 Å². The lowest BCUT2D eigenvalue weighted by atomic mass is 10.1. The summed E-state index contributed by atoms with van der Waals surface area (Å²) in [4.78, 5) is 26.1. The summed E-state index contributed by atoms with van der Waals surface area (Å²) in [6.07, 6.45) is 1.07. The molecule has 1 aliphatic heterocycles. The molecule has 0 aliphatic carbocycles. The highest BCUT2D eigenvalue weighted by Crippen LogP contribution is 2.23. The summed E-state index contributed by atoms with van der Waals surface area (Å²) < 4.78 is 5.76. The predicted molar refractivity (Wildman–Crippen MR) is 105 cm³/mol. The lowest BCUT2D eigenvalue weighted by Gasteiger charge is -2.18. The maximum atomic E-state index is 12.6. The van der Waals surface area contributed by atoms with Crippen LogP contribution in [0.5, 0.6) is 11.5 Å². The first-order valence-electron chi connectivity index (χ1n) is 9.18. The van der Waals surface area contributed by atoms with E-state index in [0.717, 1.165) is 11.4 Å². The molecule has 1 aliphatic rings. The minimum atomic E-state index is -0.257. The molecule has 0 unspecified atom stereocenters. The second kappa shape index (κ2) is 8.68. The fourth-order valence-corrected chi connectivity index (χ4v) is 3.20. The Bertz CT molecular complexity index is 777. The largest absolute Gasteiger partial charge is 0.457 e. The number of likely N-dealkylation sites (tertiary alicyclic amines) is 1. The van der Waals surface area contributed by atoms with Gasteiger partial charge in [0.15, 0.2) is 0 Å². The Labute approximate surface area is 159 Å². The van der Waals surface area contributed by atoms with E-state index in [1.54, 1.807) is 0 Å². The zero-order valence-electron chi connectivity index (χ0n) is 15.6. The summed E-state index contributed by atoms with van der Waals surface area (Å²) in [6, 6.07) is 16.6. The highest BCUT2D eigenvalue weighted by molar-refractivity contribution is 5.95. The van der Waals surface area contributed by atoms with E-state index in [1.807, 2.05) is 73.5 Å². The molecule has 6 heteroatoms. The second-order valence-electron chi connectivity index (χ2n) is 6.74. The van der Waals surface area contributed by atoms with Crippen molar-refractivity contribution in [2.75, 3.05) is 18.9 Å². The van der Waals surface area contributed by atoms with Gasteiger partial charge in [-0.2, -0.15) is 0 Å². The van der Waals surface area contributed by atoms with Crippen molar-refractivity contribution in [3.8, 4) is 11.5 Å². The van der Waals surface area contributed by atoms with Crippen LogP contribution in [0.15, 0.2) is 54.6 Å². The summed E-state index contributed by atoms with van der Waals surface area (Å²) in [5.74, 6) is 1.42. The van der Waals surface area contributed by atoms with Crippen LogP contribution in [0.25, 0.3) is 0 Å². The lowest BCUT2D eigenvalue weighted by Crippen LogP contribution is -2.37. The third kappa shape index (κ3) is 5.08. The number of para-hydroxylation sites is 1. The molecule has 0 radical (unpaired) electrons. The van der Waals surface area contributed by atoms with Crippen LogP contribution >= 0.6 is 0 Å². The number of anilines is 1. The second-order valence-corrected chi connectivity index (χ2v) is 6.74. The number of hydrogen-bond acceptors (Lipinski definition) is 4. The monoisotopic (exact) mass is 367 g/mol. The zero-order chi connectivity index (χ0) is 19.2. The van der Waals surface area contributed by atoms with Gasteiger partial charge < -0.3 is 15.4 Å². The van der Waals surface area contributed by atoms with Gasteiger partial charge in [-0.1, -0.05) is 25.1 Å². The van der Waals surface area contributed by atoms with Crippen molar-refractivity contribution in [2.45, 2.75) is 31.8 Å². The number of carbonyl (C=O) groups excluding carboxylic acids is 2. The number of rotatable bonds is 6. The molecule has 2 N–H and O–H groups in total. The summed E-state index contributed by atoms with van der Waals surface area (Å²) in [5, 5.41) is 5.91. The average molecular weight is 367 g/mol. The van der Waals surface area contributed by atoms with Crippen molar-refractivity contribution in [1.82, 2.24) is 10.2 Å². The Morgan fingerprint density at radius 3 is 2.41 bits per heavy atom. The average Bonchev–Trinajstić information content (AvgIpc) is 3.04. The molecule has 0 saturated carbocycles. The third-order valence-corrected chi connectivity index (χ3v) is 4.64. The van der Waals surface area contributed by atoms with Crippen LogP contribution in [0, 0.1) is 0 Å². The van der Waals surface area contributed by atoms with E-state index in [2.05, 4.69) is 10.6 Å². The molecule has 2 amide bonds. The van der Waals surface area contributed by atoms with Crippen molar-refractivity contribution in [2.24, 2.45) is 0 Å². The van der Waals surface area contributed by atoms with Crippen LogP contribution in [-0.4, -0.2) is 42.4 Å². The Balaban J connectivity index is 1.55. The van der Waals surface area contributed by atoms with Crippen LogP contribution in [0.1, 0.15) is 19.8 Å². The number of ether oxygens (including phenoxy) is 1. The zero-order valence-corrected chi connectivity index (χ0v) is 15.6. The van der Waals surface area contributed by atoms with Gasteiger partial charge in [-0.25, -0.2) is 0 Å². The van der Waals surface area contributed by atoms with Crippen LogP contribution in [0.4, 0.5) is 5.69 Å². The quantitative estimate of drug-likeness (QED) is 0.823. The lowest BCUT2D eigenvalue weighted by molar-refractivity contribution is -0.122. The molecule has 2 aromatic rings. The molecular formula is C21H25N3O3. The Morgan fingerprint density at radius 2 is 1.74 bits per heavy atom. The van der Waals surface area contributed by atoms with Gasteiger partial charge in [0.05, 0.1) is 6.04 Å². The number of nitrogens with one attached hydrogen (secondary N) is 2. The molecule has 2 atom stereocenters. The highest BCUT2D eigenvalue weighted by Gasteiger charge is 2.34. The molecule has 0 bridgehead atoms. The fourth-order valence-electron chi connectivity index (χ4n) is 3.20. The van der Waals surface area contributed by atoms with Gasteiger partial charge in [0.2, 0.25) is 11.8 Å².